The Morgan fingerprint density at radius 2 is 1.82 bits per heavy atom. The number of carbonyl (C=O) groups is 2. The molecule has 2 aromatic carbocycles. The van der Waals surface area contributed by atoms with E-state index in [4.69, 9.17) is 4.74 Å². The van der Waals surface area contributed by atoms with Gasteiger partial charge in [-0.05, 0) is 43.0 Å². The zero-order valence-electron chi connectivity index (χ0n) is 16.2. The molecule has 1 fully saturated rings. The van der Waals surface area contributed by atoms with Crippen molar-refractivity contribution in [2.24, 2.45) is 5.92 Å². The molecule has 1 aliphatic carbocycles. The lowest BCUT2D eigenvalue weighted by atomic mass is 9.87. The number of hydrogen-bond donors (Lipinski definition) is 3. The largest absolute Gasteiger partial charge is 0.507 e. The number of phenolic OH excluding ortho intramolecular Hbond substituents is 1. The molecule has 1 amide bonds. The fourth-order valence-corrected chi connectivity index (χ4v) is 3.75. The van der Waals surface area contributed by atoms with Gasteiger partial charge in [0.05, 0.1) is 24.0 Å². The normalized spacial score (nSPS) is 18.9. The van der Waals surface area contributed by atoms with E-state index >= 15 is 0 Å². The van der Waals surface area contributed by atoms with Crippen LogP contribution in [-0.4, -0.2) is 30.1 Å². The summed E-state index contributed by atoms with van der Waals surface area (Å²) in [5, 5.41) is 16.5. The molecule has 2 aromatic rings. The van der Waals surface area contributed by atoms with Crippen molar-refractivity contribution >= 4 is 23.3 Å². The van der Waals surface area contributed by atoms with Crippen LogP contribution < -0.4 is 10.6 Å². The number of phenols is 1. The van der Waals surface area contributed by atoms with Gasteiger partial charge >= 0.3 is 5.97 Å². The van der Waals surface area contributed by atoms with Crippen molar-refractivity contribution in [2.45, 2.75) is 38.6 Å². The summed E-state index contributed by atoms with van der Waals surface area (Å²) in [6.45, 7) is 2.23. The van der Waals surface area contributed by atoms with E-state index in [0.717, 1.165) is 19.3 Å². The predicted molar refractivity (Wildman–Crippen MR) is 109 cm³/mol. The van der Waals surface area contributed by atoms with Crippen LogP contribution in [0.15, 0.2) is 42.5 Å². The number of nitrogens with one attached hydrogen (secondary N) is 2. The average molecular weight is 382 g/mol. The number of methoxy groups -OCH3 is 1. The fourth-order valence-electron chi connectivity index (χ4n) is 3.75. The van der Waals surface area contributed by atoms with Crippen molar-refractivity contribution in [2.75, 3.05) is 17.7 Å². The van der Waals surface area contributed by atoms with E-state index in [-0.39, 0.29) is 22.9 Å². The zero-order valence-corrected chi connectivity index (χ0v) is 16.2. The lowest BCUT2D eigenvalue weighted by Crippen LogP contribution is -2.27. The third kappa shape index (κ3) is 4.44. The lowest BCUT2D eigenvalue weighted by Gasteiger charge is -2.29. The first kappa shape index (κ1) is 19.7. The van der Waals surface area contributed by atoms with Gasteiger partial charge in [0.1, 0.15) is 11.3 Å². The molecule has 0 bridgehead atoms. The van der Waals surface area contributed by atoms with Crippen molar-refractivity contribution in [3.05, 3.63) is 53.6 Å². The van der Waals surface area contributed by atoms with E-state index < -0.39 is 11.9 Å². The number of anilines is 2. The highest BCUT2D eigenvalue weighted by molar-refractivity contribution is 6.12. The molecule has 0 radical (unpaired) electrons. The monoisotopic (exact) mass is 382 g/mol. The van der Waals surface area contributed by atoms with Gasteiger partial charge in [0.25, 0.3) is 5.91 Å². The van der Waals surface area contributed by atoms with Crippen LogP contribution in [0.25, 0.3) is 0 Å². The van der Waals surface area contributed by atoms with Crippen LogP contribution in [0.5, 0.6) is 5.75 Å². The molecule has 0 aromatic heterocycles. The zero-order chi connectivity index (χ0) is 20.1. The Morgan fingerprint density at radius 1 is 1.07 bits per heavy atom. The topological polar surface area (TPSA) is 87.7 Å². The van der Waals surface area contributed by atoms with Gasteiger partial charge in [-0.1, -0.05) is 38.0 Å². The molecular formula is C22H26N2O4. The second-order valence-corrected chi connectivity index (χ2v) is 7.30. The molecule has 0 saturated heterocycles. The van der Waals surface area contributed by atoms with Crippen molar-refractivity contribution in [1.82, 2.24) is 0 Å². The molecule has 6 nitrogen and oxygen atoms in total. The van der Waals surface area contributed by atoms with E-state index in [0.29, 0.717) is 17.3 Å². The number of amides is 1. The summed E-state index contributed by atoms with van der Waals surface area (Å²) in [5.74, 6) is -0.502. The Kier molecular flexibility index (Phi) is 6.19. The number of carbonyl (C=O) groups excluding carboxylic acids is 2. The molecule has 3 rings (SSSR count). The summed E-state index contributed by atoms with van der Waals surface area (Å²) in [4.78, 5) is 24.9. The third-order valence-electron chi connectivity index (χ3n) is 5.15. The number of ether oxygens (including phenoxy) is 1. The van der Waals surface area contributed by atoms with Crippen LogP contribution in [0.3, 0.4) is 0 Å². The summed E-state index contributed by atoms with van der Waals surface area (Å²) in [6.07, 6.45) is 4.43. The number of aromatic hydroxyl groups is 1. The molecule has 1 unspecified atom stereocenters. The number of esters is 1. The van der Waals surface area contributed by atoms with Gasteiger partial charge in [-0.15, -0.1) is 0 Å². The Labute approximate surface area is 164 Å². The Bertz CT molecular complexity index is 865. The molecule has 6 heteroatoms. The molecule has 1 saturated carbocycles. The number of rotatable bonds is 5. The molecule has 28 heavy (non-hydrogen) atoms. The maximum atomic E-state index is 13.0. The van der Waals surface area contributed by atoms with Gasteiger partial charge in [0.2, 0.25) is 0 Å². The molecule has 1 aliphatic rings. The van der Waals surface area contributed by atoms with Crippen molar-refractivity contribution in [1.29, 1.82) is 0 Å². The maximum Gasteiger partial charge on any atom is 0.339 e. The third-order valence-corrected chi connectivity index (χ3v) is 5.15. The van der Waals surface area contributed by atoms with E-state index in [1.807, 2.05) is 0 Å². The SMILES string of the molecule is COC(=O)c1ccccc1NC(=O)c1c(O)cccc1NC1CCC[C@H](C)C1. The van der Waals surface area contributed by atoms with Crippen molar-refractivity contribution in [3.8, 4) is 5.75 Å². The number of benzene rings is 2. The predicted octanol–water partition coefficient (Wildman–Crippen LogP) is 4.42. The minimum absolute atomic E-state index is 0.109. The first-order valence-electron chi connectivity index (χ1n) is 9.56. The smallest absolute Gasteiger partial charge is 0.339 e. The highest BCUT2D eigenvalue weighted by Crippen LogP contribution is 2.31. The molecule has 0 spiro atoms. The van der Waals surface area contributed by atoms with Crippen molar-refractivity contribution < 1.29 is 19.4 Å². The summed E-state index contributed by atoms with van der Waals surface area (Å²) in [5.41, 5.74) is 1.34. The summed E-state index contributed by atoms with van der Waals surface area (Å²) in [6, 6.07) is 11.9. The maximum absolute atomic E-state index is 13.0. The van der Waals surface area contributed by atoms with Gasteiger partial charge < -0.3 is 20.5 Å². The Balaban J connectivity index is 1.85. The quantitative estimate of drug-likeness (QED) is 0.666. The molecule has 2 atom stereocenters. The van der Waals surface area contributed by atoms with Crippen molar-refractivity contribution in [3.63, 3.8) is 0 Å². The summed E-state index contributed by atoms with van der Waals surface area (Å²) >= 11 is 0. The molecular weight excluding hydrogens is 356 g/mol. The summed E-state index contributed by atoms with van der Waals surface area (Å²) in [7, 11) is 1.29. The number of para-hydroxylation sites is 1. The molecule has 0 heterocycles. The Hall–Kier alpha value is -3.02. The van der Waals surface area contributed by atoms with Crippen LogP contribution in [0.4, 0.5) is 11.4 Å². The van der Waals surface area contributed by atoms with Crippen LogP contribution >= 0.6 is 0 Å². The van der Waals surface area contributed by atoms with E-state index in [2.05, 4.69) is 17.6 Å². The van der Waals surface area contributed by atoms with Crippen LogP contribution in [0.2, 0.25) is 0 Å². The van der Waals surface area contributed by atoms with E-state index in [9.17, 15) is 14.7 Å². The van der Waals surface area contributed by atoms with Gasteiger partial charge in [-0.2, -0.15) is 0 Å². The molecule has 148 valence electrons. The van der Waals surface area contributed by atoms with Crippen LogP contribution in [0.1, 0.15) is 53.3 Å². The Morgan fingerprint density at radius 3 is 2.57 bits per heavy atom. The minimum atomic E-state index is -0.539. The minimum Gasteiger partial charge on any atom is -0.507 e. The van der Waals surface area contributed by atoms with E-state index in [1.165, 1.54) is 19.6 Å². The molecule has 3 N–H and O–H groups in total. The second-order valence-electron chi connectivity index (χ2n) is 7.30. The number of hydrogen-bond acceptors (Lipinski definition) is 5. The van der Waals surface area contributed by atoms with Gasteiger partial charge in [-0.25, -0.2) is 4.79 Å². The van der Waals surface area contributed by atoms with Crippen LogP contribution in [-0.2, 0) is 4.74 Å². The highest BCUT2D eigenvalue weighted by atomic mass is 16.5. The van der Waals surface area contributed by atoms with E-state index in [1.54, 1.807) is 36.4 Å². The van der Waals surface area contributed by atoms with Gasteiger partial charge in [0.15, 0.2) is 0 Å². The fraction of sp³-hybridized carbons (Fsp3) is 0.364. The standard InChI is InChI=1S/C22H26N2O4/c1-14-7-5-8-15(13-14)23-18-11-6-12-19(25)20(18)21(26)24-17-10-4-3-9-16(17)22(27)28-2/h3-4,6,9-12,14-15,23,25H,5,7-8,13H2,1-2H3,(H,24,26)/t14-,15?/m0/s1. The average Bonchev–Trinajstić information content (AvgIpc) is 2.68. The van der Waals surface area contributed by atoms with Gasteiger partial charge in [-0.3, -0.25) is 4.79 Å². The second kappa shape index (κ2) is 8.78. The molecule has 0 aliphatic heterocycles. The lowest BCUT2D eigenvalue weighted by molar-refractivity contribution is 0.0602. The summed E-state index contributed by atoms with van der Waals surface area (Å²) < 4.78 is 4.77. The first-order chi connectivity index (χ1) is 13.5. The van der Waals surface area contributed by atoms with Gasteiger partial charge in [0, 0.05) is 6.04 Å². The highest BCUT2D eigenvalue weighted by Gasteiger charge is 2.23. The first-order valence-corrected chi connectivity index (χ1v) is 9.56. The van der Waals surface area contributed by atoms with Crippen LogP contribution in [0, 0.1) is 5.92 Å².